The number of nitrogens with one attached hydrogen (secondary N) is 2. The molecule has 1 aromatic carbocycles. The zero-order valence-electron chi connectivity index (χ0n) is 21.7. The second kappa shape index (κ2) is 10.9. The minimum absolute atomic E-state index is 0.0219. The van der Waals surface area contributed by atoms with E-state index >= 15 is 0 Å². The van der Waals surface area contributed by atoms with Crippen LogP contribution in [-0.4, -0.2) is 53.7 Å². The van der Waals surface area contributed by atoms with E-state index in [0.29, 0.717) is 22.6 Å². The minimum atomic E-state index is -4.46. The molecule has 0 amide bonds. The zero-order chi connectivity index (χ0) is 28.4. The number of ether oxygens (including phenoxy) is 1. The number of rotatable bonds is 8. The average Bonchev–Trinajstić information content (AvgIpc) is 3.42. The Labute approximate surface area is 223 Å². The highest BCUT2D eigenvalue weighted by Gasteiger charge is 2.32. The SMILES string of the molecule is COc1cc(S(C)(=O)=O)ccc1NCC#Cc1nc2c([C@@H](C)Nc3ccnn3C)cccn2c1CC(F)(F)F. The Morgan fingerprint density at radius 3 is 2.62 bits per heavy atom. The van der Waals surface area contributed by atoms with Crippen LogP contribution in [0, 0.1) is 11.8 Å². The molecule has 0 fully saturated rings. The molecular formula is C26H27F3N6O3S. The van der Waals surface area contributed by atoms with Gasteiger partial charge in [-0.25, -0.2) is 13.4 Å². The molecule has 4 aromatic rings. The first kappa shape index (κ1) is 27.8. The second-order valence-corrected chi connectivity index (χ2v) is 10.9. The van der Waals surface area contributed by atoms with Crippen LogP contribution in [0.25, 0.3) is 5.65 Å². The summed E-state index contributed by atoms with van der Waals surface area (Å²) in [6.45, 7) is 1.94. The topological polar surface area (TPSA) is 103 Å². The van der Waals surface area contributed by atoms with Gasteiger partial charge in [-0.15, -0.1) is 0 Å². The van der Waals surface area contributed by atoms with Crippen molar-refractivity contribution >= 4 is 27.0 Å². The molecule has 9 nitrogen and oxygen atoms in total. The van der Waals surface area contributed by atoms with Crippen molar-refractivity contribution in [1.82, 2.24) is 19.2 Å². The van der Waals surface area contributed by atoms with E-state index in [2.05, 4.69) is 32.6 Å². The quantitative estimate of drug-likeness (QED) is 0.311. The highest BCUT2D eigenvalue weighted by atomic mass is 32.2. The Morgan fingerprint density at radius 2 is 1.97 bits per heavy atom. The summed E-state index contributed by atoms with van der Waals surface area (Å²) in [4.78, 5) is 4.59. The Balaban J connectivity index is 1.64. The van der Waals surface area contributed by atoms with E-state index < -0.39 is 22.4 Å². The molecule has 3 heterocycles. The molecule has 0 saturated heterocycles. The van der Waals surface area contributed by atoms with Crippen molar-refractivity contribution < 1.29 is 26.3 Å². The Kier molecular flexibility index (Phi) is 7.78. The van der Waals surface area contributed by atoms with Crippen molar-refractivity contribution in [3.8, 4) is 17.6 Å². The van der Waals surface area contributed by atoms with Crippen LogP contribution >= 0.6 is 0 Å². The summed E-state index contributed by atoms with van der Waals surface area (Å²) in [5, 5.41) is 10.4. The Bertz CT molecular complexity index is 1670. The molecule has 0 saturated carbocycles. The maximum Gasteiger partial charge on any atom is 0.394 e. The van der Waals surface area contributed by atoms with E-state index in [1.807, 2.05) is 6.92 Å². The molecule has 0 radical (unpaired) electrons. The van der Waals surface area contributed by atoms with Gasteiger partial charge in [0.05, 0.1) is 48.6 Å². The second-order valence-electron chi connectivity index (χ2n) is 8.85. The summed E-state index contributed by atoms with van der Waals surface area (Å²) in [7, 11) is -0.235. The third-order valence-electron chi connectivity index (χ3n) is 5.97. The summed E-state index contributed by atoms with van der Waals surface area (Å²) in [6, 6.07) is 9.35. The number of halogens is 3. The zero-order valence-corrected chi connectivity index (χ0v) is 22.5. The number of hydrogen-bond donors (Lipinski definition) is 2. The Morgan fingerprint density at radius 1 is 1.21 bits per heavy atom. The highest BCUT2D eigenvalue weighted by molar-refractivity contribution is 7.90. The summed E-state index contributed by atoms with van der Waals surface area (Å²) in [5.41, 5.74) is 1.52. The molecular weight excluding hydrogens is 533 g/mol. The van der Waals surface area contributed by atoms with Crippen molar-refractivity contribution in [3.63, 3.8) is 0 Å². The van der Waals surface area contributed by atoms with Crippen molar-refractivity contribution in [3.05, 3.63) is 65.7 Å². The number of aryl methyl sites for hydroxylation is 1. The van der Waals surface area contributed by atoms with Crippen LogP contribution in [0.4, 0.5) is 24.7 Å². The fourth-order valence-corrected chi connectivity index (χ4v) is 4.70. The van der Waals surface area contributed by atoms with Gasteiger partial charge in [0.15, 0.2) is 9.84 Å². The maximum atomic E-state index is 13.5. The number of benzene rings is 1. The average molecular weight is 561 g/mol. The molecule has 206 valence electrons. The molecule has 0 spiro atoms. The highest BCUT2D eigenvalue weighted by Crippen LogP contribution is 2.29. The van der Waals surface area contributed by atoms with Gasteiger partial charge >= 0.3 is 6.18 Å². The number of imidazole rings is 1. The summed E-state index contributed by atoms with van der Waals surface area (Å²) >= 11 is 0. The normalized spacial score (nSPS) is 12.6. The molecule has 0 aliphatic rings. The van der Waals surface area contributed by atoms with Crippen LogP contribution in [-0.2, 0) is 23.3 Å². The van der Waals surface area contributed by atoms with E-state index in [1.54, 1.807) is 48.4 Å². The lowest BCUT2D eigenvalue weighted by atomic mass is 10.1. The van der Waals surface area contributed by atoms with Crippen LogP contribution in [0.2, 0.25) is 0 Å². The number of anilines is 2. The lowest BCUT2D eigenvalue weighted by Crippen LogP contribution is -2.15. The number of pyridine rings is 1. The van der Waals surface area contributed by atoms with Crippen LogP contribution in [0.1, 0.15) is 29.9 Å². The van der Waals surface area contributed by atoms with E-state index in [0.717, 1.165) is 12.1 Å². The smallest absolute Gasteiger partial charge is 0.394 e. The summed E-state index contributed by atoms with van der Waals surface area (Å²) < 4.78 is 72.5. The monoisotopic (exact) mass is 560 g/mol. The number of aromatic nitrogens is 4. The van der Waals surface area contributed by atoms with Gasteiger partial charge < -0.3 is 19.8 Å². The predicted octanol–water partition coefficient (Wildman–Crippen LogP) is 4.22. The van der Waals surface area contributed by atoms with Crippen molar-refractivity contribution in [1.29, 1.82) is 0 Å². The van der Waals surface area contributed by atoms with E-state index in [-0.39, 0.29) is 28.9 Å². The standard InChI is InChI=1S/C26H27F3N6O3S/c1-17(32-24-11-13-31-34(24)2)19-7-6-14-35-22(16-26(27,28)29)20(33-25(19)35)8-5-12-30-21-10-9-18(39(4,36)37)15-23(21)38-3/h6-7,9-11,13-15,17,30,32H,12,16H2,1-4H3/t17-/m1/s1. The van der Waals surface area contributed by atoms with Gasteiger partial charge in [-0.2, -0.15) is 18.3 Å². The minimum Gasteiger partial charge on any atom is -0.495 e. The molecule has 39 heavy (non-hydrogen) atoms. The summed E-state index contributed by atoms with van der Waals surface area (Å²) in [6.07, 6.45) is -1.38. The molecule has 2 N–H and O–H groups in total. The van der Waals surface area contributed by atoms with Gasteiger partial charge in [0.1, 0.15) is 22.9 Å². The van der Waals surface area contributed by atoms with Gasteiger partial charge in [-0.05, 0) is 31.0 Å². The lowest BCUT2D eigenvalue weighted by molar-refractivity contribution is -0.128. The van der Waals surface area contributed by atoms with Crippen molar-refractivity contribution in [2.45, 2.75) is 30.5 Å². The van der Waals surface area contributed by atoms with E-state index in [1.165, 1.54) is 23.6 Å². The van der Waals surface area contributed by atoms with Gasteiger partial charge in [-0.3, -0.25) is 4.68 Å². The predicted molar refractivity (Wildman–Crippen MR) is 142 cm³/mol. The molecule has 0 unspecified atom stereocenters. The van der Waals surface area contributed by atoms with Gasteiger partial charge in [0, 0.05) is 37.2 Å². The molecule has 0 aliphatic carbocycles. The van der Waals surface area contributed by atoms with Gasteiger partial charge in [-0.1, -0.05) is 12.0 Å². The van der Waals surface area contributed by atoms with E-state index in [4.69, 9.17) is 4.74 Å². The molecule has 1 atom stereocenters. The van der Waals surface area contributed by atoms with Gasteiger partial charge in [0.25, 0.3) is 0 Å². The largest absolute Gasteiger partial charge is 0.495 e. The van der Waals surface area contributed by atoms with Gasteiger partial charge in [0.2, 0.25) is 0 Å². The number of hydrogen-bond acceptors (Lipinski definition) is 7. The molecule has 3 aromatic heterocycles. The van der Waals surface area contributed by atoms with Crippen molar-refractivity contribution in [2.24, 2.45) is 7.05 Å². The Hall–Kier alpha value is -4.18. The number of alkyl halides is 3. The number of sulfone groups is 1. The van der Waals surface area contributed by atoms with Crippen LogP contribution in [0.15, 0.2) is 53.7 Å². The number of methoxy groups -OCH3 is 1. The molecule has 13 heteroatoms. The third-order valence-corrected chi connectivity index (χ3v) is 7.08. The first-order valence-corrected chi connectivity index (χ1v) is 13.7. The first-order chi connectivity index (χ1) is 18.4. The molecule has 0 aliphatic heterocycles. The first-order valence-electron chi connectivity index (χ1n) is 11.8. The maximum absolute atomic E-state index is 13.5. The fourth-order valence-electron chi connectivity index (χ4n) is 4.07. The van der Waals surface area contributed by atoms with Crippen LogP contribution in [0.5, 0.6) is 5.75 Å². The summed E-state index contributed by atoms with van der Waals surface area (Å²) in [5.74, 6) is 6.64. The van der Waals surface area contributed by atoms with Crippen LogP contribution in [0.3, 0.4) is 0 Å². The molecule has 0 bridgehead atoms. The lowest BCUT2D eigenvalue weighted by Gasteiger charge is -2.16. The number of fused-ring (bicyclic) bond motifs is 1. The third kappa shape index (κ3) is 6.46. The van der Waals surface area contributed by atoms with Crippen molar-refractivity contribution in [2.75, 3.05) is 30.5 Å². The fraction of sp³-hybridized carbons (Fsp3) is 0.308. The van der Waals surface area contributed by atoms with E-state index in [9.17, 15) is 21.6 Å². The number of nitrogens with zero attached hydrogens (tertiary/aromatic N) is 4. The van der Waals surface area contributed by atoms with Crippen LogP contribution < -0.4 is 15.4 Å². The molecule has 4 rings (SSSR count).